The molecule has 0 atom stereocenters. The fraction of sp³-hybridized carbons (Fsp3) is 0.333. The zero-order valence-corrected chi connectivity index (χ0v) is 8.28. The van der Waals surface area contributed by atoms with Crippen molar-refractivity contribution in [3.05, 3.63) is 29.8 Å². The molecule has 14 heavy (non-hydrogen) atoms. The van der Waals surface area contributed by atoms with Gasteiger partial charge in [-0.2, -0.15) is 13.2 Å². The summed E-state index contributed by atoms with van der Waals surface area (Å²) in [6, 6.07) is 6.60. The lowest BCUT2D eigenvalue weighted by Crippen LogP contribution is -2.00. The van der Waals surface area contributed by atoms with Crippen LogP contribution in [-0.4, -0.2) is 12.6 Å². The number of hydrogen-bond donors (Lipinski definition) is 0. The molecule has 78 valence electrons. The van der Waals surface area contributed by atoms with Crippen LogP contribution in [0.5, 0.6) is 5.75 Å². The van der Waals surface area contributed by atoms with Crippen LogP contribution in [0, 0.1) is 0 Å². The molecule has 0 unspecified atom stereocenters. The number of halogens is 3. The smallest absolute Gasteiger partial charge is 0.442 e. The first-order valence-electron chi connectivity index (χ1n) is 3.85. The van der Waals surface area contributed by atoms with Crippen molar-refractivity contribution in [3.63, 3.8) is 0 Å². The molecule has 0 bridgehead atoms. The topological polar surface area (TPSA) is 9.23 Å². The van der Waals surface area contributed by atoms with Crippen LogP contribution in [0.15, 0.2) is 24.3 Å². The Morgan fingerprint density at radius 3 is 2.64 bits per heavy atom. The van der Waals surface area contributed by atoms with Gasteiger partial charge in [-0.15, -0.1) is 0 Å². The fourth-order valence-electron chi connectivity index (χ4n) is 0.927. The van der Waals surface area contributed by atoms with Gasteiger partial charge in [-0.1, -0.05) is 12.1 Å². The van der Waals surface area contributed by atoms with E-state index in [2.05, 4.69) is 0 Å². The Balaban J connectivity index is 2.59. The second-order valence-electron chi connectivity index (χ2n) is 2.59. The maximum atomic E-state index is 11.9. The molecule has 1 nitrogen and oxygen atoms in total. The average molecular weight is 222 g/mol. The van der Waals surface area contributed by atoms with E-state index in [1.165, 1.54) is 7.11 Å². The first-order valence-corrected chi connectivity index (χ1v) is 4.83. The number of thioether (sulfide) groups is 1. The fourth-order valence-corrected chi connectivity index (χ4v) is 1.44. The minimum Gasteiger partial charge on any atom is -0.497 e. The molecule has 1 aromatic carbocycles. The van der Waals surface area contributed by atoms with Crippen LogP contribution < -0.4 is 4.74 Å². The quantitative estimate of drug-likeness (QED) is 0.774. The lowest BCUT2D eigenvalue weighted by atomic mass is 10.2. The molecule has 0 saturated carbocycles. The third-order valence-corrected chi connectivity index (χ3v) is 2.34. The number of alkyl halides is 3. The average Bonchev–Trinajstić information content (AvgIpc) is 2.14. The van der Waals surface area contributed by atoms with Crippen molar-refractivity contribution in [1.29, 1.82) is 0 Å². The Hall–Kier alpha value is -0.840. The van der Waals surface area contributed by atoms with E-state index in [0.717, 1.165) is 0 Å². The Bertz CT molecular complexity index is 298. The van der Waals surface area contributed by atoms with E-state index in [1.807, 2.05) is 0 Å². The molecular formula is C9H9F3OS. The van der Waals surface area contributed by atoms with Gasteiger partial charge in [0, 0.05) is 5.75 Å². The minimum atomic E-state index is -4.18. The SMILES string of the molecule is COc1cccc(CSC(F)(F)F)c1. The molecule has 5 heteroatoms. The highest BCUT2D eigenvalue weighted by Gasteiger charge is 2.27. The molecule has 0 aliphatic rings. The highest BCUT2D eigenvalue weighted by molar-refractivity contribution is 7.99. The molecule has 0 aliphatic carbocycles. The minimum absolute atomic E-state index is 0.0497. The second-order valence-corrected chi connectivity index (χ2v) is 3.63. The van der Waals surface area contributed by atoms with Gasteiger partial charge in [0.05, 0.1) is 7.11 Å². The monoisotopic (exact) mass is 222 g/mol. The maximum Gasteiger partial charge on any atom is 0.442 e. The number of ether oxygens (including phenoxy) is 1. The van der Waals surface area contributed by atoms with Crippen molar-refractivity contribution in [1.82, 2.24) is 0 Å². The van der Waals surface area contributed by atoms with Gasteiger partial charge >= 0.3 is 5.51 Å². The summed E-state index contributed by atoms with van der Waals surface area (Å²) in [5.41, 5.74) is -3.57. The van der Waals surface area contributed by atoms with Crippen LogP contribution in [0.25, 0.3) is 0 Å². The molecule has 1 rings (SSSR count). The first-order chi connectivity index (χ1) is 6.51. The van der Waals surface area contributed by atoms with Gasteiger partial charge in [-0.3, -0.25) is 0 Å². The summed E-state index contributed by atoms with van der Waals surface area (Å²) in [7, 11) is 1.48. The van der Waals surface area contributed by atoms with Crippen molar-refractivity contribution in [2.45, 2.75) is 11.3 Å². The van der Waals surface area contributed by atoms with Crippen molar-refractivity contribution >= 4 is 11.8 Å². The van der Waals surface area contributed by atoms with Crippen molar-refractivity contribution in [2.24, 2.45) is 0 Å². The largest absolute Gasteiger partial charge is 0.497 e. The van der Waals surface area contributed by atoms with Crippen LogP contribution in [0.1, 0.15) is 5.56 Å². The number of hydrogen-bond acceptors (Lipinski definition) is 2. The molecule has 0 aliphatic heterocycles. The molecule has 0 heterocycles. The Kier molecular flexibility index (Phi) is 3.69. The van der Waals surface area contributed by atoms with E-state index in [9.17, 15) is 13.2 Å². The van der Waals surface area contributed by atoms with Crippen LogP contribution in [0.4, 0.5) is 13.2 Å². The standard InChI is InChI=1S/C9H9F3OS/c1-13-8-4-2-3-7(5-8)6-14-9(10,11)12/h2-5H,6H2,1H3. The summed E-state index contributed by atoms with van der Waals surface area (Å²) >= 11 is -0.0497. The zero-order valence-electron chi connectivity index (χ0n) is 7.47. The third-order valence-electron chi connectivity index (χ3n) is 1.54. The van der Waals surface area contributed by atoms with E-state index in [-0.39, 0.29) is 17.5 Å². The number of benzene rings is 1. The van der Waals surface area contributed by atoms with Crippen molar-refractivity contribution < 1.29 is 17.9 Å². The van der Waals surface area contributed by atoms with E-state index in [1.54, 1.807) is 24.3 Å². The van der Waals surface area contributed by atoms with Crippen LogP contribution in [-0.2, 0) is 5.75 Å². The van der Waals surface area contributed by atoms with Crippen LogP contribution >= 0.6 is 11.8 Å². The predicted octanol–water partition coefficient (Wildman–Crippen LogP) is 3.45. The Labute approximate surface area is 84.3 Å². The van der Waals surface area contributed by atoms with Crippen molar-refractivity contribution in [3.8, 4) is 5.75 Å². The summed E-state index contributed by atoms with van der Waals surface area (Å²) in [6.07, 6.45) is 0. The summed E-state index contributed by atoms with van der Waals surface area (Å²) in [5.74, 6) is 0.492. The number of rotatable bonds is 3. The molecule has 0 spiro atoms. The van der Waals surface area contributed by atoms with Crippen molar-refractivity contribution in [2.75, 3.05) is 7.11 Å². The van der Waals surface area contributed by atoms with Crippen LogP contribution in [0.2, 0.25) is 0 Å². The Morgan fingerprint density at radius 1 is 1.36 bits per heavy atom. The normalized spacial score (nSPS) is 11.4. The van der Waals surface area contributed by atoms with E-state index in [0.29, 0.717) is 11.3 Å². The lowest BCUT2D eigenvalue weighted by Gasteiger charge is -2.06. The molecular weight excluding hydrogens is 213 g/mol. The van der Waals surface area contributed by atoms with Gasteiger partial charge < -0.3 is 4.74 Å². The highest BCUT2D eigenvalue weighted by atomic mass is 32.2. The maximum absolute atomic E-state index is 11.9. The molecule has 0 fully saturated rings. The van der Waals surface area contributed by atoms with Gasteiger partial charge in [-0.25, -0.2) is 0 Å². The van der Waals surface area contributed by atoms with E-state index < -0.39 is 5.51 Å². The molecule has 0 amide bonds. The Morgan fingerprint density at radius 2 is 2.07 bits per heavy atom. The zero-order chi connectivity index (χ0) is 10.6. The third kappa shape index (κ3) is 3.91. The van der Waals surface area contributed by atoms with Gasteiger partial charge in [0.15, 0.2) is 0 Å². The summed E-state index contributed by atoms with van der Waals surface area (Å²) < 4.78 is 40.5. The summed E-state index contributed by atoms with van der Waals surface area (Å²) in [5, 5.41) is 0. The predicted molar refractivity (Wildman–Crippen MR) is 50.3 cm³/mol. The first kappa shape index (κ1) is 11.2. The lowest BCUT2D eigenvalue weighted by molar-refractivity contribution is -0.0329. The summed E-state index contributed by atoms with van der Waals surface area (Å²) in [4.78, 5) is 0. The molecule has 0 radical (unpaired) electrons. The number of methoxy groups -OCH3 is 1. The van der Waals surface area contributed by atoms with Gasteiger partial charge in [0.2, 0.25) is 0 Å². The molecule has 1 aromatic rings. The van der Waals surface area contributed by atoms with Crippen LogP contribution in [0.3, 0.4) is 0 Å². The second kappa shape index (κ2) is 4.59. The molecule has 0 N–H and O–H groups in total. The summed E-state index contributed by atoms with van der Waals surface area (Å²) in [6.45, 7) is 0. The highest BCUT2D eigenvalue weighted by Crippen LogP contribution is 2.33. The van der Waals surface area contributed by atoms with E-state index in [4.69, 9.17) is 4.74 Å². The van der Waals surface area contributed by atoms with E-state index >= 15 is 0 Å². The van der Waals surface area contributed by atoms with Gasteiger partial charge in [-0.05, 0) is 29.5 Å². The molecule has 0 saturated heterocycles. The van der Waals surface area contributed by atoms with Gasteiger partial charge in [0.25, 0.3) is 0 Å². The molecule has 0 aromatic heterocycles. The van der Waals surface area contributed by atoms with Gasteiger partial charge in [0.1, 0.15) is 5.75 Å².